The van der Waals surface area contributed by atoms with Crippen molar-refractivity contribution in [3.63, 3.8) is 0 Å². The summed E-state index contributed by atoms with van der Waals surface area (Å²) in [4.78, 5) is 10.1. The quantitative estimate of drug-likeness (QED) is 0.395. The Balaban J connectivity index is 0.00000288. The predicted octanol–water partition coefficient (Wildman–Crippen LogP) is 3.73. The fraction of sp³-hybridized carbons (Fsp3) is 0.714. The highest BCUT2D eigenvalue weighted by Gasteiger charge is 2.33. The second kappa shape index (κ2) is 8.93. The van der Waals surface area contributed by atoms with Crippen LogP contribution in [0.15, 0.2) is 10.4 Å². The van der Waals surface area contributed by atoms with E-state index in [9.17, 15) is 13.2 Å². The molecule has 2 heterocycles. The van der Waals surface area contributed by atoms with E-state index in [1.54, 1.807) is 7.05 Å². The minimum absolute atomic E-state index is 0. The number of rotatable bonds is 3. The van der Waals surface area contributed by atoms with Gasteiger partial charge in [0.05, 0.1) is 5.01 Å². The van der Waals surface area contributed by atoms with E-state index in [1.807, 2.05) is 11.8 Å². The molecule has 24 heavy (non-hydrogen) atoms. The molecule has 0 aromatic carbocycles. The summed E-state index contributed by atoms with van der Waals surface area (Å²) in [5.41, 5.74) is -0.809. The number of thioether (sulfide) groups is 1. The molecule has 0 unspecified atom stereocenters. The number of hydrogen-bond acceptors (Lipinski definition) is 4. The molecule has 138 valence electrons. The Hall–Kier alpha value is -0.230. The van der Waals surface area contributed by atoms with E-state index >= 15 is 0 Å². The van der Waals surface area contributed by atoms with Gasteiger partial charge in [0.1, 0.15) is 0 Å². The third-order valence-corrected chi connectivity index (χ3v) is 5.61. The number of nitrogens with zero attached hydrogens (tertiary/aromatic N) is 3. The molecule has 0 spiro atoms. The zero-order valence-electron chi connectivity index (χ0n) is 13.8. The summed E-state index contributed by atoms with van der Waals surface area (Å²) in [5.74, 6) is 1.83. The van der Waals surface area contributed by atoms with Crippen LogP contribution < -0.4 is 5.32 Å². The van der Waals surface area contributed by atoms with Crippen LogP contribution in [0.1, 0.15) is 24.5 Å². The molecule has 0 bridgehead atoms. The Morgan fingerprint density at radius 1 is 1.46 bits per heavy atom. The van der Waals surface area contributed by atoms with Crippen molar-refractivity contribution in [1.82, 2.24) is 15.2 Å². The van der Waals surface area contributed by atoms with Gasteiger partial charge in [0.25, 0.3) is 0 Å². The Bertz CT molecular complexity index is 560. The van der Waals surface area contributed by atoms with Crippen LogP contribution in [0, 0.1) is 0 Å². The van der Waals surface area contributed by atoms with Gasteiger partial charge in [-0.1, -0.05) is 0 Å². The standard InChI is InChI=1S/C14H21F3N4S2.HI/c1-13(2)9-21(6-7-23-13)12(18-3)19-5-4-11-20-10(8-22-11)14(15,16)17;/h8H,4-7,9H2,1-3H3,(H,18,19);1H. The second-order valence-electron chi connectivity index (χ2n) is 5.88. The number of hydrogen-bond donors (Lipinski definition) is 1. The first-order valence-corrected chi connectivity index (χ1v) is 9.19. The van der Waals surface area contributed by atoms with Crippen LogP contribution in [0.2, 0.25) is 0 Å². The molecule has 1 aliphatic heterocycles. The third-order valence-electron chi connectivity index (χ3n) is 3.40. The Labute approximate surface area is 165 Å². The van der Waals surface area contributed by atoms with Gasteiger partial charge < -0.3 is 10.2 Å². The molecule has 10 heteroatoms. The monoisotopic (exact) mass is 494 g/mol. The van der Waals surface area contributed by atoms with Crippen molar-refractivity contribution in [2.45, 2.75) is 31.2 Å². The Morgan fingerprint density at radius 3 is 2.71 bits per heavy atom. The summed E-state index contributed by atoms with van der Waals surface area (Å²) in [6, 6.07) is 0. The number of guanidine groups is 1. The average molecular weight is 494 g/mol. The summed E-state index contributed by atoms with van der Waals surface area (Å²) in [7, 11) is 1.72. The van der Waals surface area contributed by atoms with Crippen molar-refractivity contribution in [1.29, 1.82) is 0 Å². The minimum atomic E-state index is -4.37. The smallest absolute Gasteiger partial charge is 0.356 e. The number of nitrogens with one attached hydrogen (secondary N) is 1. The average Bonchev–Trinajstić information content (AvgIpc) is 2.91. The van der Waals surface area contributed by atoms with Crippen LogP contribution in [0.4, 0.5) is 13.2 Å². The van der Waals surface area contributed by atoms with E-state index in [-0.39, 0.29) is 28.7 Å². The molecule has 1 aliphatic rings. The first-order chi connectivity index (χ1) is 10.7. The molecular weight excluding hydrogens is 472 g/mol. The third kappa shape index (κ3) is 6.25. The number of thiazole rings is 1. The minimum Gasteiger partial charge on any atom is -0.356 e. The molecule has 4 nitrogen and oxygen atoms in total. The lowest BCUT2D eigenvalue weighted by Crippen LogP contribution is -2.51. The van der Waals surface area contributed by atoms with Gasteiger partial charge in [-0.05, 0) is 13.8 Å². The lowest BCUT2D eigenvalue weighted by atomic mass is 10.2. The van der Waals surface area contributed by atoms with E-state index in [0.717, 1.165) is 41.5 Å². The molecule has 0 radical (unpaired) electrons. The molecule has 2 rings (SSSR count). The van der Waals surface area contributed by atoms with Crippen LogP contribution in [0.5, 0.6) is 0 Å². The van der Waals surface area contributed by atoms with Gasteiger partial charge in [-0.25, -0.2) is 4.98 Å². The summed E-state index contributed by atoms with van der Waals surface area (Å²) in [6.07, 6.45) is -3.92. The van der Waals surface area contributed by atoms with Gasteiger partial charge in [0.2, 0.25) is 0 Å². The van der Waals surface area contributed by atoms with Crippen LogP contribution in [-0.4, -0.2) is 53.0 Å². The number of halogens is 4. The molecule has 0 saturated carbocycles. The van der Waals surface area contributed by atoms with Crippen molar-refractivity contribution in [2.24, 2.45) is 4.99 Å². The van der Waals surface area contributed by atoms with Crippen molar-refractivity contribution in [2.75, 3.05) is 32.4 Å². The summed E-state index contributed by atoms with van der Waals surface area (Å²) in [6.45, 7) is 6.73. The first-order valence-electron chi connectivity index (χ1n) is 7.32. The summed E-state index contributed by atoms with van der Waals surface area (Å²) >= 11 is 2.98. The summed E-state index contributed by atoms with van der Waals surface area (Å²) in [5, 5.41) is 4.77. The maximum absolute atomic E-state index is 12.5. The van der Waals surface area contributed by atoms with Crippen molar-refractivity contribution >= 4 is 53.0 Å². The summed E-state index contributed by atoms with van der Waals surface area (Å²) < 4.78 is 37.7. The molecule has 1 fully saturated rings. The fourth-order valence-corrected chi connectivity index (χ4v) is 4.28. The zero-order chi connectivity index (χ0) is 17.1. The topological polar surface area (TPSA) is 40.5 Å². The fourth-order valence-electron chi connectivity index (χ4n) is 2.37. The molecule has 0 aliphatic carbocycles. The number of aliphatic imine (C=N–C) groups is 1. The van der Waals surface area contributed by atoms with Crippen molar-refractivity contribution in [3.05, 3.63) is 16.1 Å². The highest BCUT2D eigenvalue weighted by Crippen LogP contribution is 2.30. The van der Waals surface area contributed by atoms with E-state index in [2.05, 4.69) is 34.0 Å². The van der Waals surface area contributed by atoms with Crippen LogP contribution >= 0.6 is 47.1 Å². The maximum atomic E-state index is 12.5. The molecule has 1 saturated heterocycles. The molecule has 1 N–H and O–H groups in total. The molecule has 1 aromatic heterocycles. The van der Waals surface area contributed by atoms with Crippen LogP contribution in [0.3, 0.4) is 0 Å². The Kier molecular flexibility index (Phi) is 8.11. The van der Waals surface area contributed by atoms with E-state index in [1.165, 1.54) is 0 Å². The van der Waals surface area contributed by atoms with Gasteiger partial charge >= 0.3 is 6.18 Å². The predicted molar refractivity (Wildman–Crippen MR) is 106 cm³/mol. The first kappa shape index (κ1) is 21.8. The lowest BCUT2D eigenvalue weighted by Gasteiger charge is -2.39. The van der Waals surface area contributed by atoms with E-state index < -0.39 is 11.9 Å². The van der Waals surface area contributed by atoms with Crippen molar-refractivity contribution < 1.29 is 13.2 Å². The largest absolute Gasteiger partial charge is 0.434 e. The van der Waals surface area contributed by atoms with Gasteiger partial charge in [0, 0.05) is 49.0 Å². The van der Waals surface area contributed by atoms with Gasteiger partial charge in [-0.3, -0.25) is 4.99 Å². The number of aromatic nitrogens is 1. The normalized spacial score (nSPS) is 18.2. The van der Waals surface area contributed by atoms with E-state index in [4.69, 9.17) is 0 Å². The highest BCUT2D eigenvalue weighted by molar-refractivity contribution is 14.0. The Morgan fingerprint density at radius 2 is 2.17 bits per heavy atom. The number of alkyl halides is 3. The second-order valence-corrected chi connectivity index (χ2v) is 8.62. The van der Waals surface area contributed by atoms with Crippen LogP contribution in [-0.2, 0) is 12.6 Å². The van der Waals surface area contributed by atoms with E-state index in [0.29, 0.717) is 18.0 Å². The molecule has 0 amide bonds. The SMILES string of the molecule is CN=C(NCCc1nc(C(F)(F)F)cs1)N1CCSC(C)(C)C1.I. The highest BCUT2D eigenvalue weighted by atomic mass is 127. The lowest BCUT2D eigenvalue weighted by molar-refractivity contribution is -0.140. The molecule has 1 aromatic rings. The maximum Gasteiger partial charge on any atom is 0.434 e. The van der Waals surface area contributed by atoms with Gasteiger partial charge in [0.15, 0.2) is 11.7 Å². The zero-order valence-corrected chi connectivity index (χ0v) is 17.8. The molecule has 0 atom stereocenters. The van der Waals surface area contributed by atoms with Crippen molar-refractivity contribution in [3.8, 4) is 0 Å². The molecular formula is C14H22F3IN4S2. The van der Waals surface area contributed by atoms with Gasteiger partial charge in [-0.2, -0.15) is 24.9 Å². The van der Waals surface area contributed by atoms with Crippen LogP contribution in [0.25, 0.3) is 0 Å². The van der Waals surface area contributed by atoms with Gasteiger partial charge in [-0.15, -0.1) is 35.3 Å².